The molecule has 0 fully saturated rings. The fourth-order valence-corrected chi connectivity index (χ4v) is 3.45. The highest BCUT2D eigenvalue weighted by molar-refractivity contribution is 7.10. The molecule has 2 rings (SSSR count). The second-order valence-corrected chi connectivity index (χ2v) is 6.87. The van der Waals surface area contributed by atoms with Gasteiger partial charge in [0, 0.05) is 5.56 Å². The van der Waals surface area contributed by atoms with E-state index in [9.17, 15) is 4.79 Å². The van der Waals surface area contributed by atoms with Gasteiger partial charge < -0.3 is 10.6 Å². The van der Waals surface area contributed by atoms with Gasteiger partial charge in [-0.25, -0.2) is 0 Å². The maximum atomic E-state index is 11.9. The van der Waals surface area contributed by atoms with Crippen LogP contribution in [0, 0.1) is 12.3 Å². The van der Waals surface area contributed by atoms with Gasteiger partial charge in [-0.05, 0) is 29.3 Å². The van der Waals surface area contributed by atoms with E-state index in [1.807, 2.05) is 6.07 Å². The van der Waals surface area contributed by atoms with Crippen LogP contribution in [-0.4, -0.2) is 19.0 Å². The third-order valence-electron chi connectivity index (χ3n) is 4.25. The number of rotatable bonds is 8. The number of thiophene rings is 1. The molecule has 0 aliphatic rings. The number of nitrogens with two attached hydrogens (primary N) is 1. The minimum absolute atomic E-state index is 0.0364. The molecule has 0 bridgehead atoms. The van der Waals surface area contributed by atoms with E-state index < -0.39 is 0 Å². The first-order chi connectivity index (χ1) is 11.7. The molecule has 1 aromatic heterocycles. The smallest absolute Gasteiger partial charge is 0.275 e. The van der Waals surface area contributed by atoms with Crippen LogP contribution in [0.4, 0.5) is 0 Å². The van der Waals surface area contributed by atoms with Crippen molar-refractivity contribution in [3.63, 3.8) is 0 Å². The molecule has 0 aliphatic heterocycles. The lowest BCUT2D eigenvalue weighted by molar-refractivity contribution is -0.676. The third kappa shape index (κ3) is 4.95. The highest BCUT2D eigenvalue weighted by atomic mass is 32.1. The second-order valence-electron chi connectivity index (χ2n) is 5.89. The van der Waals surface area contributed by atoms with Crippen LogP contribution in [0.2, 0.25) is 0 Å². The molecule has 0 unspecified atom stereocenters. The van der Waals surface area contributed by atoms with Crippen LogP contribution in [0.5, 0.6) is 0 Å². The van der Waals surface area contributed by atoms with Crippen molar-refractivity contribution < 1.29 is 10.1 Å². The fourth-order valence-electron chi connectivity index (χ4n) is 2.60. The van der Waals surface area contributed by atoms with Crippen LogP contribution in [0.1, 0.15) is 48.2 Å². The summed E-state index contributed by atoms with van der Waals surface area (Å²) in [6, 6.07) is 13.1. The molecule has 126 valence electrons. The number of terminal acetylenes is 1. The van der Waals surface area contributed by atoms with Crippen molar-refractivity contribution in [3.05, 3.63) is 57.8 Å². The van der Waals surface area contributed by atoms with E-state index in [4.69, 9.17) is 6.42 Å². The van der Waals surface area contributed by atoms with E-state index in [0.29, 0.717) is 12.5 Å². The molecule has 4 heteroatoms. The molecule has 1 amide bonds. The Hall–Kier alpha value is -2.09. The van der Waals surface area contributed by atoms with E-state index in [2.05, 4.69) is 66.1 Å². The Morgan fingerprint density at radius 2 is 2.00 bits per heavy atom. The summed E-state index contributed by atoms with van der Waals surface area (Å²) in [5, 5.41) is 6.85. The summed E-state index contributed by atoms with van der Waals surface area (Å²) >= 11 is 1.72. The Morgan fingerprint density at radius 3 is 2.58 bits per heavy atom. The van der Waals surface area contributed by atoms with Crippen LogP contribution in [0.25, 0.3) is 0 Å². The first-order valence-corrected chi connectivity index (χ1v) is 9.20. The number of carbonyl (C=O) groups is 1. The molecule has 1 heterocycles. The first-order valence-electron chi connectivity index (χ1n) is 8.32. The number of hydrogen-bond donors (Lipinski definition) is 2. The van der Waals surface area contributed by atoms with Crippen molar-refractivity contribution in [2.24, 2.45) is 0 Å². The van der Waals surface area contributed by atoms with E-state index in [1.165, 1.54) is 16.0 Å². The van der Waals surface area contributed by atoms with E-state index in [0.717, 1.165) is 6.42 Å². The van der Waals surface area contributed by atoms with Gasteiger partial charge in [-0.1, -0.05) is 50.1 Å². The third-order valence-corrected chi connectivity index (χ3v) is 5.21. The van der Waals surface area contributed by atoms with Crippen LogP contribution in [0.3, 0.4) is 0 Å². The summed E-state index contributed by atoms with van der Waals surface area (Å²) in [6.07, 6.45) is 6.31. The zero-order valence-electron chi connectivity index (χ0n) is 14.3. The molecular formula is C20H25N2OS+. The summed E-state index contributed by atoms with van der Waals surface area (Å²) in [6.45, 7) is 5.08. The predicted molar refractivity (Wildman–Crippen MR) is 99.9 cm³/mol. The van der Waals surface area contributed by atoms with Gasteiger partial charge in [-0.2, -0.15) is 0 Å². The summed E-state index contributed by atoms with van der Waals surface area (Å²) in [5.41, 5.74) is 2.58. The van der Waals surface area contributed by atoms with Gasteiger partial charge in [0.05, 0.1) is 11.4 Å². The maximum Gasteiger partial charge on any atom is 0.275 e. The van der Waals surface area contributed by atoms with Crippen LogP contribution in [0.15, 0.2) is 41.8 Å². The average molecular weight is 342 g/mol. The Morgan fingerprint density at radius 1 is 1.29 bits per heavy atom. The lowest BCUT2D eigenvalue weighted by Gasteiger charge is -2.16. The van der Waals surface area contributed by atoms with Gasteiger partial charge in [0.15, 0.2) is 6.54 Å². The van der Waals surface area contributed by atoms with Crippen molar-refractivity contribution in [1.82, 2.24) is 5.32 Å². The molecule has 0 spiro atoms. The largest absolute Gasteiger partial charge is 0.340 e. The quantitative estimate of drug-likeness (QED) is 0.713. The predicted octanol–water partition coefficient (Wildman–Crippen LogP) is 2.66. The summed E-state index contributed by atoms with van der Waals surface area (Å²) in [7, 11) is 0. The Bertz CT molecular complexity index is 671. The fraction of sp³-hybridized carbons (Fsp3) is 0.350. The van der Waals surface area contributed by atoms with Gasteiger partial charge in [0.25, 0.3) is 5.91 Å². The number of benzene rings is 1. The molecule has 3 nitrogen and oxygen atoms in total. The van der Waals surface area contributed by atoms with E-state index in [1.54, 1.807) is 11.3 Å². The van der Waals surface area contributed by atoms with Crippen LogP contribution < -0.4 is 10.6 Å². The van der Waals surface area contributed by atoms with Crippen molar-refractivity contribution in [2.45, 2.75) is 32.2 Å². The molecule has 2 aromatic rings. The summed E-state index contributed by atoms with van der Waals surface area (Å²) < 4.78 is 0. The standard InChI is InChI=1S/C20H24N2OS/c1-4-12-21-19(23)14-22-20(18-7-6-13-24-18)17-10-8-16(9-11-17)15(3)5-2/h1,6-11,13,15,20,22H,5,12,14H2,2-3H3,(H,21,23)/p+1/t15-,20+/m1/s1. The van der Waals surface area contributed by atoms with Gasteiger partial charge in [0.1, 0.15) is 6.04 Å². The Balaban J connectivity index is 2.12. The lowest BCUT2D eigenvalue weighted by Crippen LogP contribution is -2.87. The number of carbonyl (C=O) groups excluding carboxylic acids is 1. The van der Waals surface area contributed by atoms with Gasteiger partial charge in [-0.3, -0.25) is 4.79 Å². The summed E-state index contributed by atoms with van der Waals surface area (Å²) in [5.74, 6) is 2.95. The van der Waals surface area contributed by atoms with Crippen molar-refractivity contribution >= 4 is 17.2 Å². The molecule has 24 heavy (non-hydrogen) atoms. The van der Waals surface area contributed by atoms with Crippen molar-refractivity contribution in [3.8, 4) is 12.3 Å². The first kappa shape index (κ1) is 18.3. The molecule has 0 aliphatic carbocycles. The van der Waals surface area contributed by atoms with Gasteiger partial charge in [0.2, 0.25) is 0 Å². The zero-order valence-corrected chi connectivity index (χ0v) is 15.1. The summed E-state index contributed by atoms with van der Waals surface area (Å²) in [4.78, 5) is 13.1. The minimum Gasteiger partial charge on any atom is -0.340 e. The second kappa shape index (κ2) is 9.27. The van der Waals surface area contributed by atoms with Crippen molar-refractivity contribution in [1.29, 1.82) is 0 Å². The molecule has 0 saturated heterocycles. The Labute approximate surface area is 148 Å². The Kier molecular flexibility index (Phi) is 7.05. The van der Waals surface area contributed by atoms with Crippen LogP contribution >= 0.6 is 11.3 Å². The topological polar surface area (TPSA) is 45.7 Å². The van der Waals surface area contributed by atoms with Gasteiger partial charge in [-0.15, -0.1) is 17.8 Å². The highest BCUT2D eigenvalue weighted by Crippen LogP contribution is 2.25. The molecule has 2 atom stereocenters. The molecule has 3 N–H and O–H groups in total. The number of hydrogen-bond acceptors (Lipinski definition) is 2. The number of nitrogens with one attached hydrogen (secondary N) is 1. The van der Waals surface area contributed by atoms with E-state index >= 15 is 0 Å². The molecule has 0 saturated carbocycles. The maximum absolute atomic E-state index is 11.9. The molecular weight excluding hydrogens is 316 g/mol. The minimum atomic E-state index is -0.0364. The number of amides is 1. The van der Waals surface area contributed by atoms with Gasteiger partial charge >= 0.3 is 0 Å². The van der Waals surface area contributed by atoms with Crippen molar-refractivity contribution in [2.75, 3.05) is 13.1 Å². The van der Waals surface area contributed by atoms with E-state index in [-0.39, 0.29) is 18.5 Å². The molecule has 1 aromatic carbocycles. The average Bonchev–Trinajstić information content (AvgIpc) is 3.14. The number of quaternary nitrogens is 1. The molecule has 0 radical (unpaired) electrons. The zero-order chi connectivity index (χ0) is 17.4. The lowest BCUT2D eigenvalue weighted by atomic mass is 9.95. The SMILES string of the molecule is C#CCNC(=O)C[NH2+][C@@H](c1ccc([C@H](C)CC)cc1)c1cccs1. The normalized spacial score (nSPS) is 13.0. The highest BCUT2D eigenvalue weighted by Gasteiger charge is 2.20. The van der Waals surface area contributed by atoms with Crippen LogP contribution in [-0.2, 0) is 4.79 Å². The monoisotopic (exact) mass is 341 g/mol.